The van der Waals surface area contributed by atoms with Crippen LogP contribution in [0.5, 0.6) is 5.75 Å². The van der Waals surface area contributed by atoms with Crippen LogP contribution in [-0.4, -0.2) is 35.3 Å². The summed E-state index contributed by atoms with van der Waals surface area (Å²) in [6.07, 6.45) is -0.163. The number of amides is 3. The first kappa shape index (κ1) is 20.0. The molecule has 1 saturated heterocycles. The number of carbonyl (C=O) groups excluding carboxylic acids is 3. The van der Waals surface area contributed by atoms with Gasteiger partial charge < -0.3 is 4.74 Å². The molecule has 0 radical (unpaired) electrons. The molecule has 29 heavy (non-hydrogen) atoms. The Kier molecular flexibility index (Phi) is 5.84. The van der Waals surface area contributed by atoms with E-state index in [0.717, 1.165) is 4.90 Å². The molecule has 2 aromatic rings. The number of hydrazine groups is 1. The molecular formula is C19H18N4O6. The van der Waals surface area contributed by atoms with Crippen LogP contribution in [0.4, 0.5) is 11.4 Å². The predicted molar refractivity (Wildman–Crippen MR) is 102 cm³/mol. The molecule has 3 rings (SSSR count). The van der Waals surface area contributed by atoms with Crippen molar-refractivity contribution < 1.29 is 24.0 Å². The summed E-state index contributed by atoms with van der Waals surface area (Å²) in [6, 6.07) is 10.9. The number of nitro benzene ring substituents is 1. The second kappa shape index (κ2) is 8.48. The Morgan fingerprint density at radius 2 is 1.90 bits per heavy atom. The van der Waals surface area contributed by atoms with Crippen LogP contribution in [0.2, 0.25) is 0 Å². The van der Waals surface area contributed by atoms with Crippen LogP contribution in [0.15, 0.2) is 48.5 Å². The Hall–Kier alpha value is -3.79. The minimum atomic E-state index is -0.985. The lowest BCUT2D eigenvalue weighted by Crippen LogP contribution is -2.48. The fourth-order valence-electron chi connectivity index (χ4n) is 2.92. The first-order valence-corrected chi connectivity index (χ1v) is 8.81. The number of para-hydroxylation sites is 1. The van der Waals surface area contributed by atoms with E-state index in [4.69, 9.17) is 4.74 Å². The third kappa shape index (κ3) is 4.22. The van der Waals surface area contributed by atoms with Crippen LogP contribution in [0.3, 0.4) is 0 Å². The molecule has 10 heteroatoms. The van der Waals surface area contributed by atoms with Crippen molar-refractivity contribution in [2.45, 2.75) is 19.4 Å². The average molecular weight is 398 g/mol. The highest BCUT2D eigenvalue weighted by atomic mass is 16.6. The van der Waals surface area contributed by atoms with Gasteiger partial charge in [0.25, 0.3) is 17.5 Å². The minimum absolute atomic E-state index is 0.162. The molecule has 1 heterocycles. The number of rotatable bonds is 7. The van der Waals surface area contributed by atoms with E-state index in [1.165, 1.54) is 24.3 Å². The number of nitrogens with one attached hydrogen (secondary N) is 2. The van der Waals surface area contributed by atoms with E-state index in [1.807, 2.05) is 6.92 Å². The van der Waals surface area contributed by atoms with E-state index in [-0.39, 0.29) is 17.7 Å². The molecule has 1 aliphatic rings. The highest BCUT2D eigenvalue weighted by Crippen LogP contribution is 2.25. The maximum Gasteiger partial charge on any atom is 0.282 e. The summed E-state index contributed by atoms with van der Waals surface area (Å²) in [7, 11) is 0. The van der Waals surface area contributed by atoms with Gasteiger partial charge >= 0.3 is 0 Å². The molecule has 0 aromatic heterocycles. The fourth-order valence-corrected chi connectivity index (χ4v) is 2.92. The SMILES string of the molecule is CCOc1ccc(N2C(=O)CC(NNC(=O)c3ccccc3[N+](=O)[O-])C2=O)cc1. The van der Waals surface area contributed by atoms with Crippen molar-refractivity contribution >= 4 is 29.1 Å². The number of hydrogen-bond donors (Lipinski definition) is 2. The van der Waals surface area contributed by atoms with Crippen LogP contribution in [0.1, 0.15) is 23.7 Å². The van der Waals surface area contributed by atoms with Gasteiger partial charge in [0.2, 0.25) is 5.91 Å². The number of hydrogen-bond acceptors (Lipinski definition) is 7. The van der Waals surface area contributed by atoms with Gasteiger partial charge in [0.15, 0.2) is 0 Å². The fraction of sp³-hybridized carbons (Fsp3) is 0.211. The molecule has 0 saturated carbocycles. The highest BCUT2D eigenvalue weighted by molar-refractivity contribution is 6.22. The van der Waals surface area contributed by atoms with Gasteiger partial charge in [-0.25, -0.2) is 10.3 Å². The second-order valence-electron chi connectivity index (χ2n) is 6.12. The molecule has 1 unspecified atom stereocenters. The van der Waals surface area contributed by atoms with Crippen LogP contribution < -0.4 is 20.5 Å². The van der Waals surface area contributed by atoms with Crippen molar-refractivity contribution in [3.8, 4) is 5.75 Å². The largest absolute Gasteiger partial charge is 0.494 e. The van der Waals surface area contributed by atoms with Gasteiger partial charge in [-0.2, -0.15) is 0 Å². The van der Waals surface area contributed by atoms with Crippen LogP contribution in [-0.2, 0) is 9.59 Å². The number of benzene rings is 2. The topological polar surface area (TPSA) is 131 Å². The summed E-state index contributed by atoms with van der Waals surface area (Å²) in [6.45, 7) is 2.34. The van der Waals surface area contributed by atoms with Crippen LogP contribution >= 0.6 is 0 Å². The van der Waals surface area contributed by atoms with Crippen LogP contribution in [0.25, 0.3) is 0 Å². The zero-order valence-electron chi connectivity index (χ0n) is 15.5. The van der Waals surface area contributed by atoms with Gasteiger partial charge in [-0.15, -0.1) is 0 Å². The van der Waals surface area contributed by atoms with Gasteiger partial charge in [-0.1, -0.05) is 12.1 Å². The lowest BCUT2D eigenvalue weighted by Gasteiger charge is -2.16. The van der Waals surface area contributed by atoms with Crippen molar-refractivity contribution in [3.63, 3.8) is 0 Å². The van der Waals surface area contributed by atoms with E-state index < -0.39 is 28.7 Å². The van der Waals surface area contributed by atoms with E-state index in [9.17, 15) is 24.5 Å². The predicted octanol–water partition coefficient (Wildman–Crippen LogP) is 1.56. The molecule has 10 nitrogen and oxygen atoms in total. The van der Waals surface area contributed by atoms with Crippen molar-refractivity contribution in [1.82, 2.24) is 10.9 Å². The average Bonchev–Trinajstić information content (AvgIpc) is 3.00. The van der Waals surface area contributed by atoms with Gasteiger partial charge in [-0.3, -0.25) is 29.9 Å². The Bertz CT molecular complexity index is 959. The van der Waals surface area contributed by atoms with Gasteiger partial charge in [0, 0.05) is 6.07 Å². The van der Waals surface area contributed by atoms with Gasteiger partial charge in [-0.05, 0) is 37.3 Å². The van der Waals surface area contributed by atoms with Crippen LogP contribution in [0, 0.1) is 10.1 Å². The van der Waals surface area contributed by atoms with Gasteiger partial charge in [0.1, 0.15) is 17.4 Å². The molecule has 1 fully saturated rings. The lowest BCUT2D eigenvalue weighted by molar-refractivity contribution is -0.385. The molecule has 0 aliphatic carbocycles. The van der Waals surface area contributed by atoms with E-state index in [2.05, 4.69) is 10.9 Å². The third-order valence-corrected chi connectivity index (χ3v) is 4.26. The number of carbonyl (C=O) groups is 3. The zero-order chi connectivity index (χ0) is 21.0. The highest BCUT2D eigenvalue weighted by Gasteiger charge is 2.40. The summed E-state index contributed by atoms with van der Waals surface area (Å²) in [5.41, 5.74) is 4.63. The Morgan fingerprint density at radius 3 is 2.55 bits per heavy atom. The van der Waals surface area contributed by atoms with E-state index in [0.29, 0.717) is 18.0 Å². The molecule has 0 spiro atoms. The van der Waals surface area contributed by atoms with Crippen molar-refractivity contribution in [1.29, 1.82) is 0 Å². The molecule has 150 valence electrons. The monoisotopic (exact) mass is 398 g/mol. The molecule has 3 amide bonds. The smallest absolute Gasteiger partial charge is 0.282 e. The van der Waals surface area contributed by atoms with E-state index >= 15 is 0 Å². The Labute approximate surface area is 165 Å². The molecule has 2 aromatic carbocycles. The van der Waals surface area contributed by atoms with Crippen molar-refractivity contribution in [2.75, 3.05) is 11.5 Å². The number of nitro groups is 1. The quantitative estimate of drug-likeness (QED) is 0.411. The summed E-state index contributed by atoms with van der Waals surface area (Å²) >= 11 is 0. The maximum absolute atomic E-state index is 12.6. The summed E-state index contributed by atoms with van der Waals surface area (Å²) in [4.78, 5) is 48.5. The standard InChI is InChI=1S/C19H18N4O6/c1-2-29-13-9-7-12(8-10-13)22-17(24)11-15(19(22)26)20-21-18(25)14-5-3-4-6-16(14)23(27)28/h3-10,15,20H,2,11H2,1H3,(H,21,25). The second-order valence-corrected chi connectivity index (χ2v) is 6.12. The number of anilines is 1. The Balaban J connectivity index is 1.67. The molecule has 1 atom stereocenters. The summed E-state index contributed by atoms with van der Waals surface area (Å²) in [5.74, 6) is -1.14. The molecular weight excluding hydrogens is 380 g/mol. The number of ether oxygens (including phenoxy) is 1. The first-order chi connectivity index (χ1) is 13.9. The summed E-state index contributed by atoms with van der Waals surface area (Å²) in [5, 5.41) is 11.0. The molecule has 0 bridgehead atoms. The normalized spacial score (nSPS) is 16.0. The first-order valence-electron chi connectivity index (χ1n) is 8.81. The summed E-state index contributed by atoms with van der Waals surface area (Å²) < 4.78 is 5.34. The minimum Gasteiger partial charge on any atom is -0.494 e. The zero-order valence-corrected chi connectivity index (χ0v) is 15.5. The van der Waals surface area contributed by atoms with Crippen molar-refractivity contribution in [2.24, 2.45) is 0 Å². The van der Waals surface area contributed by atoms with Gasteiger partial charge in [0.05, 0.1) is 23.6 Å². The van der Waals surface area contributed by atoms with E-state index in [1.54, 1.807) is 24.3 Å². The maximum atomic E-state index is 12.6. The third-order valence-electron chi connectivity index (χ3n) is 4.26. The number of imide groups is 1. The lowest BCUT2D eigenvalue weighted by atomic mass is 10.2. The molecule has 2 N–H and O–H groups in total. The van der Waals surface area contributed by atoms with Crippen molar-refractivity contribution in [3.05, 3.63) is 64.2 Å². The molecule has 1 aliphatic heterocycles. The Morgan fingerprint density at radius 1 is 1.21 bits per heavy atom. The number of nitrogens with zero attached hydrogens (tertiary/aromatic N) is 2.